The van der Waals surface area contributed by atoms with E-state index in [2.05, 4.69) is 4.98 Å². The molecule has 1 aromatic carbocycles. The van der Waals surface area contributed by atoms with E-state index in [1.165, 1.54) is 18.2 Å². The molecule has 1 N–H and O–H groups in total. The molecule has 1 aromatic heterocycles. The number of pyridine rings is 1. The molecule has 0 saturated carbocycles. The van der Waals surface area contributed by atoms with Crippen LogP contribution in [0.2, 0.25) is 0 Å². The minimum Gasteiger partial charge on any atom is -0.508 e. The van der Waals surface area contributed by atoms with Gasteiger partial charge in [-0.3, -0.25) is 4.98 Å². The zero-order valence-corrected chi connectivity index (χ0v) is 7.42. The molecule has 1 heterocycles. The van der Waals surface area contributed by atoms with Gasteiger partial charge in [-0.1, -0.05) is 0 Å². The van der Waals surface area contributed by atoms with Crippen LogP contribution < -0.4 is 0 Å². The number of fused-ring (bicyclic) bond motifs is 1. The van der Waals surface area contributed by atoms with Crippen molar-refractivity contribution in [1.82, 2.24) is 4.98 Å². The fourth-order valence-electron chi connectivity index (χ4n) is 1.26. The standard InChI is InChI=1S/C10H6F3NO/c11-10(12,13)7-3-6-1-2-8(15)4-9(6)14-5-7/h1-5,15H. The molecule has 0 unspecified atom stereocenters. The minimum absolute atomic E-state index is 0.0187. The fraction of sp³-hybridized carbons (Fsp3) is 0.100. The first-order valence-corrected chi connectivity index (χ1v) is 4.13. The summed E-state index contributed by atoms with van der Waals surface area (Å²) in [6, 6.07) is 5.04. The zero-order chi connectivity index (χ0) is 11.1. The predicted octanol–water partition coefficient (Wildman–Crippen LogP) is 2.96. The van der Waals surface area contributed by atoms with Gasteiger partial charge in [0.2, 0.25) is 0 Å². The maximum Gasteiger partial charge on any atom is 0.417 e. The Balaban J connectivity index is 2.62. The highest BCUT2D eigenvalue weighted by atomic mass is 19.4. The maximum atomic E-state index is 12.3. The Hall–Kier alpha value is -1.78. The highest BCUT2D eigenvalue weighted by molar-refractivity contribution is 5.80. The highest BCUT2D eigenvalue weighted by Gasteiger charge is 2.30. The van der Waals surface area contributed by atoms with Gasteiger partial charge in [0.05, 0.1) is 11.1 Å². The Morgan fingerprint density at radius 3 is 2.53 bits per heavy atom. The summed E-state index contributed by atoms with van der Waals surface area (Å²) in [7, 11) is 0. The summed E-state index contributed by atoms with van der Waals surface area (Å²) < 4.78 is 36.9. The van der Waals surface area contributed by atoms with E-state index in [-0.39, 0.29) is 5.75 Å². The quantitative estimate of drug-likeness (QED) is 0.729. The Morgan fingerprint density at radius 1 is 1.13 bits per heavy atom. The average molecular weight is 213 g/mol. The van der Waals surface area contributed by atoms with E-state index in [0.717, 1.165) is 12.3 Å². The van der Waals surface area contributed by atoms with Crippen molar-refractivity contribution in [2.45, 2.75) is 6.18 Å². The van der Waals surface area contributed by atoms with Crippen LogP contribution >= 0.6 is 0 Å². The van der Waals surface area contributed by atoms with Gasteiger partial charge in [-0.05, 0) is 18.2 Å². The van der Waals surface area contributed by atoms with Crippen LogP contribution in [0, 0.1) is 0 Å². The summed E-state index contributed by atoms with van der Waals surface area (Å²) in [6.07, 6.45) is -3.64. The van der Waals surface area contributed by atoms with Gasteiger partial charge in [0.25, 0.3) is 0 Å². The van der Waals surface area contributed by atoms with E-state index in [1.54, 1.807) is 0 Å². The Labute approximate surface area is 83.0 Å². The third-order valence-electron chi connectivity index (χ3n) is 2.00. The lowest BCUT2D eigenvalue weighted by molar-refractivity contribution is -0.137. The van der Waals surface area contributed by atoms with E-state index >= 15 is 0 Å². The second-order valence-electron chi connectivity index (χ2n) is 3.10. The van der Waals surface area contributed by atoms with Gasteiger partial charge in [-0.25, -0.2) is 0 Å². The van der Waals surface area contributed by atoms with Gasteiger partial charge in [0.15, 0.2) is 0 Å². The van der Waals surface area contributed by atoms with Gasteiger partial charge >= 0.3 is 6.18 Å². The van der Waals surface area contributed by atoms with Crippen LogP contribution in [0.5, 0.6) is 5.75 Å². The number of aromatic hydroxyl groups is 1. The summed E-state index contributed by atoms with van der Waals surface area (Å²) in [5, 5.41) is 9.45. The molecule has 2 nitrogen and oxygen atoms in total. The van der Waals surface area contributed by atoms with E-state index in [0.29, 0.717) is 10.9 Å². The molecule has 0 bridgehead atoms. The number of phenolic OH excluding ortho intramolecular Hbond substituents is 1. The molecule has 0 aliphatic carbocycles. The summed E-state index contributed by atoms with van der Waals surface area (Å²) in [5.74, 6) is -0.0187. The first-order chi connectivity index (χ1) is 6.97. The number of phenols is 1. The van der Waals surface area contributed by atoms with E-state index in [4.69, 9.17) is 5.11 Å². The molecule has 0 fully saturated rings. The van der Waals surface area contributed by atoms with Gasteiger partial charge < -0.3 is 5.11 Å². The Bertz CT molecular complexity index is 507. The molecule has 0 aliphatic rings. The number of rotatable bonds is 0. The van der Waals surface area contributed by atoms with Crippen LogP contribution in [0.25, 0.3) is 10.9 Å². The van der Waals surface area contributed by atoms with E-state index in [9.17, 15) is 13.2 Å². The lowest BCUT2D eigenvalue weighted by Gasteiger charge is -2.06. The number of hydrogen-bond acceptors (Lipinski definition) is 2. The Morgan fingerprint density at radius 2 is 1.87 bits per heavy atom. The first kappa shape index (κ1) is 9.76. The lowest BCUT2D eigenvalue weighted by atomic mass is 10.1. The Kier molecular flexibility index (Phi) is 2.03. The van der Waals surface area contributed by atoms with Gasteiger partial charge in [-0.2, -0.15) is 13.2 Å². The lowest BCUT2D eigenvalue weighted by Crippen LogP contribution is -2.05. The number of hydrogen-bond donors (Lipinski definition) is 1. The average Bonchev–Trinajstić information content (AvgIpc) is 2.15. The van der Waals surface area contributed by atoms with Gasteiger partial charge in [0, 0.05) is 17.6 Å². The second-order valence-corrected chi connectivity index (χ2v) is 3.10. The van der Waals surface area contributed by atoms with Crippen LogP contribution in [-0.4, -0.2) is 10.1 Å². The topological polar surface area (TPSA) is 33.1 Å². The largest absolute Gasteiger partial charge is 0.508 e. The molecule has 78 valence electrons. The normalized spacial score (nSPS) is 11.9. The number of alkyl halides is 3. The molecule has 0 spiro atoms. The molecule has 0 saturated heterocycles. The number of nitrogens with zero attached hydrogens (tertiary/aromatic N) is 1. The molecule has 0 radical (unpaired) electrons. The molecular weight excluding hydrogens is 207 g/mol. The first-order valence-electron chi connectivity index (χ1n) is 4.13. The summed E-state index contributed by atoms with van der Waals surface area (Å²) in [4.78, 5) is 3.63. The van der Waals surface area contributed by atoms with Crippen LogP contribution in [0.4, 0.5) is 13.2 Å². The number of aromatic nitrogens is 1. The third kappa shape index (κ3) is 1.86. The zero-order valence-electron chi connectivity index (χ0n) is 7.42. The smallest absolute Gasteiger partial charge is 0.417 e. The molecule has 0 atom stereocenters. The number of halogens is 3. The van der Waals surface area contributed by atoms with Crippen molar-refractivity contribution in [1.29, 1.82) is 0 Å². The van der Waals surface area contributed by atoms with E-state index < -0.39 is 11.7 Å². The molecule has 5 heteroatoms. The fourth-order valence-corrected chi connectivity index (χ4v) is 1.26. The van der Waals surface area contributed by atoms with E-state index in [1.807, 2.05) is 0 Å². The van der Waals surface area contributed by atoms with Gasteiger partial charge in [0.1, 0.15) is 5.75 Å². The number of benzene rings is 1. The maximum absolute atomic E-state index is 12.3. The molecule has 0 aliphatic heterocycles. The van der Waals surface area contributed by atoms with Crippen molar-refractivity contribution in [3.8, 4) is 5.75 Å². The van der Waals surface area contributed by atoms with Crippen molar-refractivity contribution >= 4 is 10.9 Å². The second kappa shape index (κ2) is 3.12. The van der Waals surface area contributed by atoms with Crippen molar-refractivity contribution in [3.05, 3.63) is 36.0 Å². The van der Waals surface area contributed by atoms with Crippen LogP contribution in [0.1, 0.15) is 5.56 Å². The molecule has 15 heavy (non-hydrogen) atoms. The SMILES string of the molecule is Oc1ccc2cc(C(F)(F)F)cnc2c1. The summed E-state index contributed by atoms with van der Waals surface area (Å²) in [6.45, 7) is 0. The van der Waals surface area contributed by atoms with Crippen molar-refractivity contribution in [2.75, 3.05) is 0 Å². The van der Waals surface area contributed by atoms with Crippen molar-refractivity contribution in [3.63, 3.8) is 0 Å². The van der Waals surface area contributed by atoms with Gasteiger partial charge in [-0.15, -0.1) is 0 Å². The highest BCUT2D eigenvalue weighted by Crippen LogP contribution is 2.30. The molecule has 2 rings (SSSR count). The molecule has 2 aromatic rings. The summed E-state index contributed by atoms with van der Waals surface area (Å²) >= 11 is 0. The monoisotopic (exact) mass is 213 g/mol. The van der Waals surface area contributed by atoms with Crippen molar-refractivity contribution < 1.29 is 18.3 Å². The molecule has 0 amide bonds. The minimum atomic E-state index is -4.39. The molecular formula is C10H6F3NO. The predicted molar refractivity (Wildman–Crippen MR) is 48.4 cm³/mol. The van der Waals surface area contributed by atoms with Crippen LogP contribution in [-0.2, 0) is 6.18 Å². The van der Waals surface area contributed by atoms with Crippen LogP contribution in [0.3, 0.4) is 0 Å². The third-order valence-corrected chi connectivity index (χ3v) is 2.00. The van der Waals surface area contributed by atoms with Crippen LogP contribution in [0.15, 0.2) is 30.5 Å². The summed E-state index contributed by atoms with van der Waals surface area (Å²) in [5.41, 5.74) is -0.455. The van der Waals surface area contributed by atoms with Crippen molar-refractivity contribution in [2.24, 2.45) is 0 Å².